The topological polar surface area (TPSA) is 99.7 Å². The first-order chi connectivity index (χ1) is 5.22. The number of aliphatic imine (C=N–C) groups is 1. The lowest BCUT2D eigenvalue weighted by molar-refractivity contribution is -0.119. The number of amides is 1. The standard InChI is InChI=1S/C5H10N4O2/c6-5(9-11)8-3-1-4(10)7-2-3/h3,11H,1-2H2,(H,7,10)(H3,6,8,9). The summed E-state index contributed by atoms with van der Waals surface area (Å²) >= 11 is 0. The fourth-order valence-electron chi connectivity index (χ4n) is 0.907. The van der Waals surface area contributed by atoms with Crippen molar-refractivity contribution in [1.82, 2.24) is 10.8 Å². The zero-order valence-electron chi connectivity index (χ0n) is 5.87. The summed E-state index contributed by atoms with van der Waals surface area (Å²) in [6.45, 7) is 0.487. The Balaban J connectivity index is 2.44. The molecule has 1 atom stereocenters. The molecule has 0 aromatic carbocycles. The number of carbonyl (C=O) groups excluding carboxylic acids is 1. The van der Waals surface area contributed by atoms with Gasteiger partial charge in [0, 0.05) is 6.54 Å². The van der Waals surface area contributed by atoms with Gasteiger partial charge in [0.2, 0.25) is 11.9 Å². The number of nitrogens with two attached hydrogens (primary N) is 1. The molecule has 1 aliphatic heterocycles. The molecule has 6 heteroatoms. The molecule has 11 heavy (non-hydrogen) atoms. The summed E-state index contributed by atoms with van der Waals surface area (Å²) in [7, 11) is 0. The predicted octanol–water partition coefficient (Wildman–Crippen LogP) is -1.83. The number of guanidine groups is 1. The highest BCUT2D eigenvalue weighted by molar-refractivity contribution is 5.81. The molecule has 1 amide bonds. The minimum Gasteiger partial charge on any atom is -0.368 e. The third kappa shape index (κ3) is 2.08. The summed E-state index contributed by atoms with van der Waals surface area (Å²) in [4.78, 5) is 14.4. The molecule has 62 valence electrons. The molecule has 1 heterocycles. The fraction of sp³-hybridized carbons (Fsp3) is 0.600. The van der Waals surface area contributed by atoms with Gasteiger partial charge in [-0.2, -0.15) is 0 Å². The second-order valence-corrected chi connectivity index (χ2v) is 2.29. The van der Waals surface area contributed by atoms with Crippen LogP contribution < -0.4 is 16.5 Å². The van der Waals surface area contributed by atoms with Gasteiger partial charge in [-0.25, -0.2) is 10.5 Å². The van der Waals surface area contributed by atoms with E-state index in [4.69, 9.17) is 10.9 Å². The Labute approximate surface area is 63.4 Å². The van der Waals surface area contributed by atoms with Crippen LogP contribution in [0.1, 0.15) is 6.42 Å². The molecule has 0 aliphatic carbocycles. The molecule has 0 saturated carbocycles. The third-order valence-electron chi connectivity index (χ3n) is 1.39. The van der Waals surface area contributed by atoms with Crippen LogP contribution in [-0.4, -0.2) is 29.7 Å². The van der Waals surface area contributed by atoms with Crippen LogP contribution in [0.4, 0.5) is 0 Å². The third-order valence-corrected chi connectivity index (χ3v) is 1.39. The average molecular weight is 158 g/mol. The Morgan fingerprint density at radius 3 is 3.09 bits per heavy atom. The van der Waals surface area contributed by atoms with E-state index >= 15 is 0 Å². The molecule has 0 radical (unpaired) electrons. The lowest BCUT2D eigenvalue weighted by atomic mass is 10.3. The zero-order valence-corrected chi connectivity index (χ0v) is 5.87. The van der Waals surface area contributed by atoms with E-state index in [1.807, 2.05) is 0 Å². The van der Waals surface area contributed by atoms with E-state index in [2.05, 4.69) is 10.3 Å². The summed E-state index contributed by atoms with van der Waals surface area (Å²) in [6.07, 6.45) is 0.336. The van der Waals surface area contributed by atoms with Crippen LogP contribution in [0.25, 0.3) is 0 Å². The molecule has 1 saturated heterocycles. The minimum absolute atomic E-state index is 0.0375. The largest absolute Gasteiger partial charge is 0.368 e. The maximum absolute atomic E-state index is 10.6. The van der Waals surface area contributed by atoms with Gasteiger partial charge in [-0.05, 0) is 0 Å². The zero-order chi connectivity index (χ0) is 8.27. The second kappa shape index (κ2) is 3.20. The Morgan fingerprint density at radius 2 is 2.64 bits per heavy atom. The van der Waals surface area contributed by atoms with Crippen molar-refractivity contribution in [3.8, 4) is 0 Å². The Bertz CT molecular complexity index is 191. The van der Waals surface area contributed by atoms with Gasteiger partial charge < -0.3 is 11.1 Å². The van der Waals surface area contributed by atoms with Crippen LogP contribution in [0, 0.1) is 0 Å². The first-order valence-electron chi connectivity index (χ1n) is 3.22. The highest BCUT2D eigenvalue weighted by Gasteiger charge is 2.20. The highest BCUT2D eigenvalue weighted by Crippen LogP contribution is 2.02. The summed E-state index contributed by atoms with van der Waals surface area (Å²) in [5.74, 6) is -0.101. The molecule has 5 N–H and O–H groups in total. The number of hydrogen-bond acceptors (Lipinski definition) is 3. The van der Waals surface area contributed by atoms with Crippen molar-refractivity contribution in [1.29, 1.82) is 0 Å². The van der Waals surface area contributed by atoms with Crippen molar-refractivity contribution in [3.63, 3.8) is 0 Å². The minimum atomic E-state index is -0.151. The van der Waals surface area contributed by atoms with E-state index in [9.17, 15) is 4.79 Å². The molecule has 0 bridgehead atoms. The van der Waals surface area contributed by atoms with Gasteiger partial charge in [-0.3, -0.25) is 10.0 Å². The van der Waals surface area contributed by atoms with Gasteiger partial charge in [-0.15, -0.1) is 0 Å². The van der Waals surface area contributed by atoms with Gasteiger partial charge in [0.15, 0.2) is 0 Å². The SMILES string of the molecule is NC(=NC1CNC(=O)C1)NO. The monoisotopic (exact) mass is 158 g/mol. The normalized spacial score (nSPS) is 25.0. The average Bonchev–Trinajstić information content (AvgIpc) is 2.35. The van der Waals surface area contributed by atoms with Gasteiger partial charge in [0.05, 0.1) is 12.5 Å². The molecule has 1 rings (SSSR count). The van der Waals surface area contributed by atoms with Crippen LogP contribution in [0.3, 0.4) is 0 Å². The van der Waals surface area contributed by atoms with Crippen LogP contribution >= 0.6 is 0 Å². The highest BCUT2D eigenvalue weighted by atomic mass is 16.5. The molecule has 1 aliphatic rings. The van der Waals surface area contributed by atoms with Crippen molar-refractivity contribution >= 4 is 11.9 Å². The molecule has 0 spiro atoms. The van der Waals surface area contributed by atoms with Crippen LogP contribution in [-0.2, 0) is 4.79 Å². The number of hydrogen-bond donors (Lipinski definition) is 4. The van der Waals surface area contributed by atoms with Gasteiger partial charge in [0.1, 0.15) is 0 Å². The molecular formula is C5H10N4O2. The number of nitrogens with zero attached hydrogens (tertiary/aromatic N) is 1. The first kappa shape index (κ1) is 7.80. The number of carbonyl (C=O) groups is 1. The van der Waals surface area contributed by atoms with Crippen molar-refractivity contribution in [3.05, 3.63) is 0 Å². The van der Waals surface area contributed by atoms with Crippen molar-refractivity contribution in [2.75, 3.05) is 6.54 Å². The van der Waals surface area contributed by atoms with Gasteiger partial charge >= 0.3 is 0 Å². The number of hydroxylamine groups is 1. The quantitative estimate of drug-likeness (QED) is 0.205. The molecule has 6 nitrogen and oxygen atoms in total. The lowest BCUT2D eigenvalue weighted by Gasteiger charge is -2.01. The van der Waals surface area contributed by atoms with Gasteiger partial charge in [0.25, 0.3) is 0 Å². The van der Waals surface area contributed by atoms with Crippen LogP contribution in [0.2, 0.25) is 0 Å². The Hall–Kier alpha value is -1.30. The van der Waals surface area contributed by atoms with Crippen molar-refractivity contribution < 1.29 is 10.0 Å². The lowest BCUT2D eigenvalue weighted by Crippen LogP contribution is -2.30. The second-order valence-electron chi connectivity index (χ2n) is 2.29. The van der Waals surface area contributed by atoms with Crippen LogP contribution in [0.5, 0.6) is 0 Å². The predicted molar refractivity (Wildman–Crippen MR) is 38.0 cm³/mol. The molecule has 1 fully saturated rings. The molecular weight excluding hydrogens is 148 g/mol. The van der Waals surface area contributed by atoms with E-state index in [-0.39, 0.29) is 17.9 Å². The fourth-order valence-corrected chi connectivity index (χ4v) is 0.907. The molecule has 0 aromatic rings. The van der Waals surface area contributed by atoms with E-state index in [1.54, 1.807) is 5.48 Å². The first-order valence-corrected chi connectivity index (χ1v) is 3.22. The maximum atomic E-state index is 10.6. The number of rotatable bonds is 1. The molecule has 1 unspecified atom stereocenters. The Morgan fingerprint density at radius 1 is 1.91 bits per heavy atom. The summed E-state index contributed by atoms with van der Waals surface area (Å²) < 4.78 is 0. The summed E-state index contributed by atoms with van der Waals surface area (Å²) in [5.41, 5.74) is 6.84. The maximum Gasteiger partial charge on any atom is 0.222 e. The van der Waals surface area contributed by atoms with E-state index in [1.165, 1.54) is 0 Å². The summed E-state index contributed by atoms with van der Waals surface area (Å²) in [5, 5.41) is 10.8. The molecule has 0 aromatic heterocycles. The van der Waals surface area contributed by atoms with Crippen LogP contribution in [0.15, 0.2) is 4.99 Å². The smallest absolute Gasteiger partial charge is 0.222 e. The van der Waals surface area contributed by atoms with Crippen molar-refractivity contribution in [2.45, 2.75) is 12.5 Å². The Kier molecular flexibility index (Phi) is 2.27. The number of nitrogens with one attached hydrogen (secondary N) is 2. The van der Waals surface area contributed by atoms with Gasteiger partial charge in [-0.1, -0.05) is 0 Å². The van der Waals surface area contributed by atoms with E-state index in [0.717, 1.165) is 0 Å². The van der Waals surface area contributed by atoms with Crippen molar-refractivity contribution in [2.24, 2.45) is 10.7 Å². The van der Waals surface area contributed by atoms with E-state index < -0.39 is 0 Å². The summed E-state index contributed by atoms with van der Waals surface area (Å²) in [6, 6.07) is -0.151. The van der Waals surface area contributed by atoms with E-state index in [0.29, 0.717) is 13.0 Å².